The van der Waals surface area contributed by atoms with E-state index in [-0.39, 0.29) is 41.1 Å². The number of hydrogen-bond acceptors (Lipinski definition) is 5. The fourth-order valence-electron chi connectivity index (χ4n) is 6.13. The lowest BCUT2D eigenvalue weighted by Crippen LogP contribution is -2.40. The molecule has 5 rings (SSSR count). The summed E-state index contributed by atoms with van der Waals surface area (Å²) in [4.78, 5) is 12.0. The van der Waals surface area contributed by atoms with Crippen LogP contribution in [0.15, 0.2) is 88.8 Å². The number of fused-ring (bicyclic) bond motifs is 1. The molecule has 0 spiro atoms. The van der Waals surface area contributed by atoms with Gasteiger partial charge in [0.05, 0.1) is 15.3 Å². The first-order valence-corrected chi connectivity index (χ1v) is 17.5. The normalized spacial score (nSPS) is 17.8. The Morgan fingerprint density at radius 2 is 1.42 bits per heavy atom. The molecule has 43 heavy (non-hydrogen) atoms. The molecule has 10 heteroatoms. The molecule has 1 fully saturated rings. The van der Waals surface area contributed by atoms with Crippen molar-refractivity contribution in [1.29, 1.82) is 0 Å². The van der Waals surface area contributed by atoms with Crippen LogP contribution in [0.2, 0.25) is 0 Å². The molecule has 1 N–H and O–H groups in total. The van der Waals surface area contributed by atoms with Gasteiger partial charge in [-0.1, -0.05) is 66.4 Å². The van der Waals surface area contributed by atoms with E-state index in [4.69, 9.17) is 0 Å². The predicted octanol–water partition coefficient (Wildman–Crippen LogP) is 6.01. The van der Waals surface area contributed by atoms with Gasteiger partial charge in [-0.15, -0.1) is 0 Å². The van der Waals surface area contributed by atoms with Gasteiger partial charge in [0.15, 0.2) is 0 Å². The highest BCUT2D eigenvalue weighted by Gasteiger charge is 2.33. The quantitative estimate of drug-likeness (QED) is 0.219. The highest BCUT2D eigenvalue weighted by molar-refractivity contribution is 7.90. The average molecular weight is 623 g/mol. The number of carboxylic acid groups (broad SMARTS) is 1. The van der Waals surface area contributed by atoms with Crippen molar-refractivity contribution in [2.75, 3.05) is 13.1 Å². The molecule has 2 atom stereocenters. The Morgan fingerprint density at radius 3 is 2.05 bits per heavy atom. The Hall–Kier alpha value is -3.47. The van der Waals surface area contributed by atoms with Crippen LogP contribution in [0.1, 0.15) is 48.8 Å². The predicted molar refractivity (Wildman–Crippen MR) is 167 cm³/mol. The zero-order valence-electron chi connectivity index (χ0n) is 24.5. The number of rotatable bonds is 11. The van der Waals surface area contributed by atoms with Crippen LogP contribution >= 0.6 is 0 Å². The van der Waals surface area contributed by atoms with Gasteiger partial charge in [-0.05, 0) is 80.8 Å². The van der Waals surface area contributed by atoms with E-state index >= 15 is 0 Å². The molecule has 4 aromatic rings. The van der Waals surface area contributed by atoms with Crippen LogP contribution in [0.3, 0.4) is 0 Å². The summed E-state index contributed by atoms with van der Waals surface area (Å²) in [6.45, 7) is 4.14. The number of carbonyl (C=O) groups is 1. The maximum Gasteiger partial charge on any atom is 0.303 e. The second-order valence-electron chi connectivity index (χ2n) is 11.6. The van der Waals surface area contributed by atoms with Crippen molar-refractivity contribution in [2.45, 2.75) is 62.2 Å². The fourth-order valence-corrected chi connectivity index (χ4v) is 9.02. The summed E-state index contributed by atoms with van der Waals surface area (Å²) >= 11 is 0. The molecule has 1 aromatic heterocycles. The molecular formula is C33H38N2O6S2. The van der Waals surface area contributed by atoms with E-state index in [2.05, 4.69) is 0 Å². The van der Waals surface area contributed by atoms with Crippen molar-refractivity contribution in [3.05, 3.63) is 95.7 Å². The topological polar surface area (TPSA) is 114 Å². The average Bonchev–Trinajstić information content (AvgIpc) is 3.36. The summed E-state index contributed by atoms with van der Waals surface area (Å²) in [5.41, 5.74) is 3.15. The smallest absolute Gasteiger partial charge is 0.303 e. The number of para-hydroxylation sites is 1. The number of aliphatic carboxylic acids is 1. The first kappa shape index (κ1) is 31.0. The minimum absolute atomic E-state index is 0.0213. The van der Waals surface area contributed by atoms with Gasteiger partial charge in [0, 0.05) is 31.1 Å². The van der Waals surface area contributed by atoms with Gasteiger partial charge in [0.2, 0.25) is 10.0 Å². The molecule has 3 aromatic carbocycles. The SMILES string of the molecule is Cc1ccc(S(=O)(=O)N(CCc2cn(S(=O)(=O)c3ccc(C)cc3)c3ccccc23)CC2CCCCC2CC(=O)O)cc1. The molecule has 2 unspecified atom stereocenters. The Balaban J connectivity index is 1.50. The number of sulfonamides is 1. The third kappa shape index (κ3) is 6.71. The molecule has 0 aliphatic heterocycles. The molecule has 1 heterocycles. The summed E-state index contributed by atoms with van der Waals surface area (Å²) in [5, 5.41) is 10.3. The Kier molecular flexibility index (Phi) is 9.10. The Morgan fingerprint density at radius 1 is 0.837 bits per heavy atom. The second kappa shape index (κ2) is 12.6. The third-order valence-corrected chi connectivity index (χ3v) is 12.1. The van der Waals surface area contributed by atoms with Crippen LogP contribution < -0.4 is 0 Å². The highest BCUT2D eigenvalue weighted by Crippen LogP contribution is 2.35. The van der Waals surface area contributed by atoms with E-state index in [0.29, 0.717) is 11.9 Å². The van der Waals surface area contributed by atoms with Crippen molar-refractivity contribution in [2.24, 2.45) is 11.8 Å². The Bertz CT molecular complexity index is 1810. The first-order valence-electron chi connectivity index (χ1n) is 14.7. The van der Waals surface area contributed by atoms with E-state index in [0.717, 1.165) is 47.8 Å². The molecule has 1 saturated carbocycles. The van der Waals surface area contributed by atoms with E-state index in [1.165, 1.54) is 8.28 Å². The number of aryl methyl sites for hydroxylation is 2. The summed E-state index contributed by atoms with van der Waals surface area (Å²) in [6.07, 6.45) is 5.32. The van der Waals surface area contributed by atoms with Crippen molar-refractivity contribution in [1.82, 2.24) is 8.28 Å². The molecule has 228 valence electrons. The number of aromatic nitrogens is 1. The molecule has 1 aliphatic carbocycles. The maximum atomic E-state index is 14.0. The van der Waals surface area contributed by atoms with E-state index in [1.807, 2.05) is 26.0 Å². The largest absolute Gasteiger partial charge is 0.481 e. The van der Waals surface area contributed by atoms with Crippen LogP contribution in [0.4, 0.5) is 0 Å². The lowest BCUT2D eigenvalue weighted by atomic mass is 9.77. The second-order valence-corrected chi connectivity index (χ2v) is 15.4. The molecule has 1 aliphatic rings. The summed E-state index contributed by atoms with van der Waals surface area (Å²) in [5.74, 6) is -1.04. The van der Waals surface area contributed by atoms with Gasteiger partial charge in [-0.25, -0.2) is 20.8 Å². The minimum atomic E-state index is -3.90. The monoisotopic (exact) mass is 622 g/mol. The van der Waals surface area contributed by atoms with Crippen LogP contribution in [-0.4, -0.2) is 49.3 Å². The zero-order chi connectivity index (χ0) is 30.8. The van der Waals surface area contributed by atoms with E-state index in [1.54, 1.807) is 66.9 Å². The van der Waals surface area contributed by atoms with E-state index in [9.17, 15) is 26.7 Å². The molecule has 0 bridgehead atoms. The zero-order valence-corrected chi connectivity index (χ0v) is 26.1. The van der Waals surface area contributed by atoms with Crippen LogP contribution in [0.25, 0.3) is 10.9 Å². The molecular weight excluding hydrogens is 585 g/mol. The van der Waals surface area contributed by atoms with Gasteiger partial charge in [-0.2, -0.15) is 4.31 Å². The molecule has 0 saturated heterocycles. The highest BCUT2D eigenvalue weighted by atomic mass is 32.2. The lowest BCUT2D eigenvalue weighted by molar-refractivity contribution is -0.138. The fraction of sp³-hybridized carbons (Fsp3) is 0.364. The first-order chi connectivity index (χ1) is 20.5. The number of benzene rings is 3. The summed E-state index contributed by atoms with van der Waals surface area (Å²) < 4.78 is 58.1. The summed E-state index contributed by atoms with van der Waals surface area (Å²) in [6, 6.07) is 20.7. The third-order valence-electron chi connectivity index (χ3n) is 8.57. The number of hydrogen-bond donors (Lipinski definition) is 1. The number of nitrogens with zero attached hydrogens (tertiary/aromatic N) is 2. The van der Waals surface area contributed by atoms with Crippen LogP contribution in [0.5, 0.6) is 0 Å². The van der Waals surface area contributed by atoms with Crippen molar-refractivity contribution in [3.8, 4) is 0 Å². The molecule has 0 amide bonds. The molecule has 0 radical (unpaired) electrons. The Labute approximate surface area is 254 Å². The van der Waals surface area contributed by atoms with Gasteiger partial charge >= 0.3 is 5.97 Å². The van der Waals surface area contributed by atoms with Gasteiger partial charge < -0.3 is 5.11 Å². The van der Waals surface area contributed by atoms with Crippen molar-refractivity contribution in [3.63, 3.8) is 0 Å². The van der Waals surface area contributed by atoms with Gasteiger partial charge in [0.25, 0.3) is 10.0 Å². The van der Waals surface area contributed by atoms with Gasteiger partial charge in [-0.3, -0.25) is 4.79 Å². The summed E-state index contributed by atoms with van der Waals surface area (Å²) in [7, 11) is -7.79. The lowest BCUT2D eigenvalue weighted by Gasteiger charge is -2.34. The van der Waals surface area contributed by atoms with E-state index < -0.39 is 26.0 Å². The maximum absolute atomic E-state index is 14.0. The van der Waals surface area contributed by atoms with Crippen LogP contribution in [0, 0.1) is 25.7 Å². The van der Waals surface area contributed by atoms with Crippen molar-refractivity contribution < 1.29 is 26.7 Å². The molecule has 8 nitrogen and oxygen atoms in total. The standard InChI is InChI=1S/C33H38N2O6S2/c1-24-11-15-29(16-12-24)42(38,39)34(22-27-8-4-3-7-26(27)21-33(36)37)20-19-28-23-35(32-10-6-5-9-31(28)32)43(40,41)30-17-13-25(2)14-18-30/h5-6,9-18,23,26-27H,3-4,7-8,19-22H2,1-2H3,(H,36,37). The van der Waals surface area contributed by atoms with Crippen molar-refractivity contribution >= 4 is 36.9 Å². The van der Waals surface area contributed by atoms with Gasteiger partial charge in [0.1, 0.15) is 0 Å². The minimum Gasteiger partial charge on any atom is -0.481 e. The van der Waals surface area contributed by atoms with Crippen LogP contribution in [-0.2, 0) is 31.3 Å². The number of carboxylic acids is 1.